The first-order chi connectivity index (χ1) is 13.5. The van der Waals surface area contributed by atoms with Crippen molar-refractivity contribution >= 4 is 23.6 Å². The molecule has 2 amide bonds. The lowest BCUT2D eigenvalue weighted by Gasteiger charge is -2.20. The van der Waals surface area contributed by atoms with Crippen LogP contribution in [0, 0.1) is 17.2 Å². The molecule has 2 aromatic rings. The Hall–Kier alpha value is -2.78. The highest BCUT2D eigenvalue weighted by Gasteiger charge is 2.23. The molecule has 0 fully saturated rings. The molecular weight excluding hydrogens is 370 g/mol. The molecule has 0 heterocycles. The third-order valence-corrected chi connectivity index (χ3v) is 5.13. The number of carbonyl (C=O) groups is 2. The Labute approximate surface area is 170 Å². The highest BCUT2D eigenvalue weighted by molar-refractivity contribution is 7.98. The molecule has 146 valence electrons. The number of nitriles is 1. The summed E-state index contributed by atoms with van der Waals surface area (Å²) in [5.74, 6) is 0.270. The Bertz CT molecular complexity index is 831. The van der Waals surface area contributed by atoms with Gasteiger partial charge in [-0.2, -0.15) is 5.26 Å². The average molecular weight is 396 g/mol. The fourth-order valence-corrected chi connectivity index (χ4v) is 3.66. The first kappa shape index (κ1) is 21.5. The molecule has 0 saturated heterocycles. The van der Waals surface area contributed by atoms with Gasteiger partial charge in [0.05, 0.1) is 6.07 Å². The van der Waals surface area contributed by atoms with Crippen molar-refractivity contribution in [2.45, 2.75) is 37.0 Å². The summed E-state index contributed by atoms with van der Waals surface area (Å²) < 4.78 is 0. The van der Waals surface area contributed by atoms with E-state index in [1.54, 1.807) is 17.8 Å². The first-order valence-electron chi connectivity index (χ1n) is 9.22. The van der Waals surface area contributed by atoms with Crippen LogP contribution in [0.1, 0.15) is 36.2 Å². The molecule has 1 atom stereocenters. The summed E-state index contributed by atoms with van der Waals surface area (Å²) >= 11 is 1.66. The number of thioether (sulfide) groups is 1. The van der Waals surface area contributed by atoms with E-state index in [4.69, 9.17) is 5.26 Å². The van der Waals surface area contributed by atoms with E-state index in [2.05, 4.69) is 10.6 Å². The minimum atomic E-state index is -0.671. The van der Waals surface area contributed by atoms with Gasteiger partial charge in [0.2, 0.25) is 5.91 Å². The van der Waals surface area contributed by atoms with Crippen LogP contribution >= 0.6 is 11.8 Å². The Morgan fingerprint density at radius 1 is 1.07 bits per heavy atom. The quantitative estimate of drug-likeness (QED) is 0.500. The van der Waals surface area contributed by atoms with E-state index < -0.39 is 6.04 Å². The molecule has 0 radical (unpaired) electrons. The van der Waals surface area contributed by atoms with Crippen molar-refractivity contribution in [3.05, 3.63) is 65.7 Å². The Balaban J connectivity index is 2.11. The average Bonchev–Trinajstić information content (AvgIpc) is 2.70. The molecule has 6 heteroatoms. The smallest absolute Gasteiger partial charge is 0.252 e. The Kier molecular flexibility index (Phi) is 8.57. The maximum absolute atomic E-state index is 12.9. The molecule has 0 unspecified atom stereocenters. The zero-order valence-electron chi connectivity index (χ0n) is 16.1. The SMILES string of the molecule is CC(C)C[C@H](NC(=O)c1ccccc1CSc1ccccc1)C(=O)NCC#N. The van der Waals surface area contributed by atoms with Crippen molar-refractivity contribution < 1.29 is 9.59 Å². The van der Waals surface area contributed by atoms with E-state index in [0.29, 0.717) is 17.7 Å². The maximum Gasteiger partial charge on any atom is 0.252 e. The number of carbonyl (C=O) groups excluding carboxylic acids is 2. The van der Waals surface area contributed by atoms with Gasteiger partial charge in [0.15, 0.2) is 0 Å². The van der Waals surface area contributed by atoms with Gasteiger partial charge >= 0.3 is 0 Å². The van der Waals surface area contributed by atoms with Gasteiger partial charge in [0.1, 0.15) is 12.6 Å². The van der Waals surface area contributed by atoms with Crippen LogP contribution in [0.4, 0.5) is 0 Å². The zero-order chi connectivity index (χ0) is 20.4. The topological polar surface area (TPSA) is 82.0 Å². The highest BCUT2D eigenvalue weighted by Crippen LogP contribution is 2.24. The third-order valence-electron chi connectivity index (χ3n) is 4.07. The van der Waals surface area contributed by atoms with Crippen LogP contribution in [0.3, 0.4) is 0 Å². The number of amides is 2. The summed E-state index contributed by atoms with van der Waals surface area (Å²) in [7, 11) is 0. The number of rotatable bonds is 9. The standard InChI is InChI=1S/C22H25N3O2S/c1-16(2)14-20(22(27)24-13-12-23)25-21(26)19-11-7-6-8-17(19)15-28-18-9-4-3-5-10-18/h3-11,16,20H,13-15H2,1-2H3,(H,24,27)(H,25,26)/t20-/m0/s1. The van der Waals surface area contributed by atoms with Crippen LogP contribution in [0.5, 0.6) is 0 Å². The molecule has 0 aliphatic heterocycles. The number of nitrogens with zero attached hydrogens (tertiary/aromatic N) is 1. The van der Waals surface area contributed by atoms with Gasteiger partial charge in [-0.3, -0.25) is 9.59 Å². The first-order valence-corrected chi connectivity index (χ1v) is 10.2. The van der Waals surface area contributed by atoms with Crippen molar-refractivity contribution in [1.82, 2.24) is 10.6 Å². The fourth-order valence-electron chi connectivity index (χ4n) is 2.73. The van der Waals surface area contributed by atoms with Crippen molar-refractivity contribution in [1.29, 1.82) is 5.26 Å². The zero-order valence-corrected chi connectivity index (χ0v) is 17.0. The molecule has 0 aromatic heterocycles. The second kappa shape index (κ2) is 11.2. The summed E-state index contributed by atoms with van der Waals surface area (Å²) in [6.07, 6.45) is 0.504. The molecule has 2 aromatic carbocycles. The lowest BCUT2D eigenvalue weighted by molar-refractivity contribution is -0.123. The summed E-state index contributed by atoms with van der Waals surface area (Å²) in [5, 5.41) is 14.1. The van der Waals surface area contributed by atoms with E-state index in [0.717, 1.165) is 10.5 Å². The highest BCUT2D eigenvalue weighted by atomic mass is 32.2. The van der Waals surface area contributed by atoms with E-state index in [9.17, 15) is 9.59 Å². The van der Waals surface area contributed by atoms with Gasteiger partial charge in [-0.05, 0) is 36.1 Å². The molecule has 2 N–H and O–H groups in total. The molecule has 0 aliphatic carbocycles. The van der Waals surface area contributed by atoms with Gasteiger partial charge in [0, 0.05) is 16.2 Å². The van der Waals surface area contributed by atoms with Gasteiger partial charge in [-0.1, -0.05) is 50.2 Å². The van der Waals surface area contributed by atoms with Gasteiger partial charge in [0.25, 0.3) is 5.91 Å². The predicted octanol–water partition coefficient (Wildman–Crippen LogP) is 3.76. The van der Waals surface area contributed by atoms with Gasteiger partial charge < -0.3 is 10.6 Å². The lowest BCUT2D eigenvalue weighted by Crippen LogP contribution is -2.47. The summed E-state index contributed by atoms with van der Waals surface area (Å²) in [5.41, 5.74) is 1.47. The molecule has 2 rings (SSSR count). The molecule has 0 bridgehead atoms. The molecule has 0 spiro atoms. The predicted molar refractivity (Wildman–Crippen MR) is 112 cm³/mol. The van der Waals surface area contributed by atoms with Crippen LogP contribution in [0.25, 0.3) is 0 Å². The second-order valence-corrected chi connectivity index (χ2v) is 7.84. The van der Waals surface area contributed by atoms with E-state index >= 15 is 0 Å². The van der Waals surface area contributed by atoms with E-state index in [-0.39, 0.29) is 24.3 Å². The van der Waals surface area contributed by atoms with Crippen LogP contribution < -0.4 is 10.6 Å². The number of benzene rings is 2. The van der Waals surface area contributed by atoms with Crippen molar-refractivity contribution in [2.24, 2.45) is 5.92 Å². The monoisotopic (exact) mass is 395 g/mol. The van der Waals surface area contributed by atoms with E-state index in [1.807, 2.05) is 68.4 Å². The van der Waals surface area contributed by atoms with E-state index in [1.165, 1.54) is 0 Å². The summed E-state index contributed by atoms with van der Waals surface area (Å²) in [4.78, 5) is 26.3. The molecule has 0 saturated carbocycles. The second-order valence-electron chi connectivity index (χ2n) is 6.79. The van der Waals surface area contributed by atoms with Gasteiger partial charge in [-0.15, -0.1) is 11.8 Å². The fraction of sp³-hybridized carbons (Fsp3) is 0.318. The summed E-state index contributed by atoms with van der Waals surface area (Å²) in [6, 6.07) is 18.6. The number of hydrogen-bond donors (Lipinski definition) is 2. The van der Waals surface area contributed by atoms with Crippen molar-refractivity contribution in [2.75, 3.05) is 6.54 Å². The Morgan fingerprint density at radius 2 is 1.75 bits per heavy atom. The lowest BCUT2D eigenvalue weighted by atomic mass is 10.0. The Morgan fingerprint density at radius 3 is 2.43 bits per heavy atom. The number of hydrogen-bond acceptors (Lipinski definition) is 4. The van der Waals surface area contributed by atoms with Crippen molar-refractivity contribution in [3.63, 3.8) is 0 Å². The number of nitrogens with one attached hydrogen (secondary N) is 2. The molecule has 0 aliphatic rings. The van der Waals surface area contributed by atoms with Crippen LogP contribution in [-0.4, -0.2) is 24.4 Å². The minimum absolute atomic E-state index is 0.0758. The van der Waals surface area contributed by atoms with Gasteiger partial charge in [-0.25, -0.2) is 0 Å². The van der Waals surface area contributed by atoms with Crippen LogP contribution in [0.15, 0.2) is 59.5 Å². The maximum atomic E-state index is 12.9. The molecular formula is C22H25N3O2S. The normalized spacial score (nSPS) is 11.5. The molecule has 5 nitrogen and oxygen atoms in total. The van der Waals surface area contributed by atoms with Crippen LogP contribution in [-0.2, 0) is 10.5 Å². The summed E-state index contributed by atoms with van der Waals surface area (Å²) in [6.45, 7) is 3.90. The van der Waals surface area contributed by atoms with Crippen molar-refractivity contribution in [3.8, 4) is 6.07 Å². The minimum Gasteiger partial charge on any atom is -0.341 e. The molecule has 28 heavy (non-hydrogen) atoms. The largest absolute Gasteiger partial charge is 0.341 e. The van der Waals surface area contributed by atoms with Crippen LogP contribution in [0.2, 0.25) is 0 Å². The third kappa shape index (κ3) is 6.75.